The molecule has 23 heavy (non-hydrogen) atoms. The van der Waals surface area contributed by atoms with Crippen molar-refractivity contribution in [3.63, 3.8) is 0 Å². The number of rotatable bonds is 5. The van der Waals surface area contributed by atoms with Crippen molar-refractivity contribution < 1.29 is 4.79 Å². The van der Waals surface area contributed by atoms with Crippen LogP contribution in [0.3, 0.4) is 0 Å². The first kappa shape index (κ1) is 15.9. The second kappa shape index (κ2) is 8.02. The van der Waals surface area contributed by atoms with Gasteiger partial charge in [-0.3, -0.25) is 4.98 Å². The highest BCUT2D eigenvalue weighted by Crippen LogP contribution is 2.25. The molecule has 0 saturated carbocycles. The summed E-state index contributed by atoms with van der Waals surface area (Å²) in [6, 6.07) is 14.3. The van der Waals surface area contributed by atoms with Gasteiger partial charge in [-0.15, -0.1) is 11.8 Å². The number of thioether (sulfide) groups is 1. The minimum absolute atomic E-state index is 0.0288. The van der Waals surface area contributed by atoms with Crippen LogP contribution in [0.4, 0.5) is 4.79 Å². The third-order valence-corrected chi connectivity index (χ3v) is 5.21. The monoisotopic (exact) mass is 327 g/mol. The summed E-state index contributed by atoms with van der Waals surface area (Å²) in [4.78, 5) is 19.5. The third-order valence-electron chi connectivity index (χ3n) is 3.97. The molecule has 0 radical (unpaired) electrons. The number of hydrogen-bond acceptors (Lipinski definition) is 3. The Labute approximate surface area is 141 Å². The molecule has 2 heterocycles. The maximum absolute atomic E-state index is 12.2. The Balaban J connectivity index is 1.41. The molecular formula is C18H21N3OS. The predicted molar refractivity (Wildman–Crippen MR) is 93.3 cm³/mol. The Morgan fingerprint density at radius 1 is 1.26 bits per heavy atom. The van der Waals surface area contributed by atoms with Crippen LogP contribution in [0.5, 0.6) is 0 Å². The predicted octanol–water partition coefficient (Wildman–Crippen LogP) is 3.41. The molecule has 0 aliphatic carbocycles. The first-order valence-corrected chi connectivity index (χ1v) is 8.89. The molecule has 1 unspecified atom stereocenters. The van der Waals surface area contributed by atoms with Crippen LogP contribution < -0.4 is 5.32 Å². The van der Waals surface area contributed by atoms with Crippen molar-refractivity contribution in [2.75, 3.05) is 18.8 Å². The molecule has 1 N–H and O–H groups in total. The maximum atomic E-state index is 12.2. The quantitative estimate of drug-likeness (QED) is 0.856. The molecule has 5 heteroatoms. The number of hydrogen-bond donors (Lipinski definition) is 1. The van der Waals surface area contributed by atoms with E-state index in [1.807, 2.05) is 34.9 Å². The molecule has 1 fully saturated rings. The summed E-state index contributed by atoms with van der Waals surface area (Å²) < 4.78 is 0. The summed E-state index contributed by atoms with van der Waals surface area (Å²) in [6.45, 7) is 2.23. The molecule has 3 rings (SSSR count). The zero-order valence-electron chi connectivity index (χ0n) is 13.0. The van der Waals surface area contributed by atoms with Crippen molar-refractivity contribution >= 4 is 17.8 Å². The first-order chi connectivity index (χ1) is 11.3. The standard InChI is InChI=1S/C18H21N3OS/c22-18(20-12-15-5-4-9-19-11-15)21-10-8-16(13-21)14-23-17-6-2-1-3-7-17/h1-7,9,11,16H,8,10,12-14H2,(H,20,22). The van der Waals surface area contributed by atoms with E-state index in [0.29, 0.717) is 12.5 Å². The van der Waals surface area contributed by atoms with Gasteiger partial charge in [0.05, 0.1) is 0 Å². The van der Waals surface area contributed by atoms with E-state index in [2.05, 4.69) is 34.6 Å². The van der Waals surface area contributed by atoms with E-state index in [0.717, 1.165) is 30.8 Å². The number of amides is 2. The Hall–Kier alpha value is -2.01. The second-order valence-corrected chi connectivity index (χ2v) is 6.84. The molecule has 4 nitrogen and oxygen atoms in total. The Kier molecular flexibility index (Phi) is 5.53. The number of carbonyl (C=O) groups excluding carboxylic acids is 1. The van der Waals surface area contributed by atoms with E-state index >= 15 is 0 Å². The Bertz CT molecular complexity index is 621. The van der Waals surface area contributed by atoms with Gasteiger partial charge in [0.15, 0.2) is 0 Å². The molecule has 0 spiro atoms. The zero-order valence-corrected chi connectivity index (χ0v) is 13.8. The highest BCUT2D eigenvalue weighted by Gasteiger charge is 2.26. The third kappa shape index (κ3) is 4.73. The Morgan fingerprint density at radius 3 is 2.91 bits per heavy atom. The largest absolute Gasteiger partial charge is 0.334 e. The fourth-order valence-corrected chi connectivity index (χ4v) is 3.73. The number of pyridine rings is 1. The molecule has 1 atom stereocenters. The summed E-state index contributed by atoms with van der Waals surface area (Å²) in [5.41, 5.74) is 1.02. The van der Waals surface area contributed by atoms with Gasteiger partial charge in [-0.05, 0) is 36.1 Å². The number of carbonyl (C=O) groups is 1. The molecule has 1 saturated heterocycles. The molecule has 120 valence electrons. The van der Waals surface area contributed by atoms with Crippen LogP contribution in [0.15, 0.2) is 59.8 Å². The van der Waals surface area contributed by atoms with Gasteiger partial charge in [0, 0.05) is 42.7 Å². The number of nitrogens with one attached hydrogen (secondary N) is 1. The topological polar surface area (TPSA) is 45.2 Å². The second-order valence-electron chi connectivity index (χ2n) is 5.74. The molecule has 2 aromatic rings. The van der Waals surface area contributed by atoms with Crippen LogP contribution in [0, 0.1) is 5.92 Å². The minimum Gasteiger partial charge on any atom is -0.334 e. The van der Waals surface area contributed by atoms with Crippen molar-refractivity contribution in [2.45, 2.75) is 17.9 Å². The fourth-order valence-electron chi connectivity index (χ4n) is 2.68. The van der Waals surface area contributed by atoms with Gasteiger partial charge in [-0.2, -0.15) is 0 Å². The highest BCUT2D eigenvalue weighted by molar-refractivity contribution is 7.99. The highest BCUT2D eigenvalue weighted by atomic mass is 32.2. The number of aromatic nitrogens is 1. The lowest BCUT2D eigenvalue weighted by Crippen LogP contribution is -2.38. The number of benzene rings is 1. The van der Waals surface area contributed by atoms with E-state index in [9.17, 15) is 4.79 Å². The van der Waals surface area contributed by atoms with Gasteiger partial charge in [-0.1, -0.05) is 24.3 Å². The van der Waals surface area contributed by atoms with E-state index in [1.54, 1.807) is 12.4 Å². The van der Waals surface area contributed by atoms with E-state index in [-0.39, 0.29) is 6.03 Å². The SMILES string of the molecule is O=C(NCc1cccnc1)N1CCC(CSc2ccccc2)C1. The summed E-state index contributed by atoms with van der Waals surface area (Å²) >= 11 is 1.88. The van der Waals surface area contributed by atoms with Crippen molar-refractivity contribution in [1.29, 1.82) is 0 Å². The molecule has 1 aliphatic heterocycles. The number of likely N-dealkylation sites (tertiary alicyclic amines) is 1. The normalized spacial score (nSPS) is 17.2. The lowest BCUT2D eigenvalue weighted by atomic mass is 10.2. The summed E-state index contributed by atoms with van der Waals surface area (Å²) in [6.07, 6.45) is 4.60. The summed E-state index contributed by atoms with van der Waals surface area (Å²) in [5.74, 6) is 1.64. The maximum Gasteiger partial charge on any atom is 0.317 e. The molecule has 1 aliphatic rings. The van der Waals surface area contributed by atoms with Gasteiger partial charge >= 0.3 is 6.03 Å². The van der Waals surface area contributed by atoms with Crippen molar-refractivity contribution in [2.24, 2.45) is 5.92 Å². The average molecular weight is 327 g/mol. The van der Waals surface area contributed by atoms with Crippen LogP contribution in [-0.2, 0) is 6.54 Å². The lowest BCUT2D eigenvalue weighted by Gasteiger charge is -2.17. The zero-order chi connectivity index (χ0) is 15.9. The lowest BCUT2D eigenvalue weighted by molar-refractivity contribution is 0.207. The van der Waals surface area contributed by atoms with Crippen molar-refractivity contribution in [1.82, 2.24) is 15.2 Å². The van der Waals surface area contributed by atoms with Gasteiger partial charge < -0.3 is 10.2 Å². The molecule has 1 aromatic carbocycles. The van der Waals surface area contributed by atoms with Crippen LogP contribution in [0.25, 0.3) is 0 Å². The number of urea groups is 1. The van der Waals surface area contributed by atoms with Crippen LogP contribution in [0.1, 0.15) is 12.0 Å². The molecule has 0 bridgehead atoms. The van der Waals surface area contributed by atoms with Crippen LogP contribution in [-0.4, -0.2) is 34.8 Å². The Morgan fingerprint density at radius 2 is 2.13 bits per heavy atom. The smallest absolute Gasteiger partial charge is 0.317 e. The van der Waals surface area contributed by atoms with Gasteiger partial charge in [0.2, 0.25) is 0 Å². The van der Waals surface area contributed by atoms with Crippen molar-refractivity contribution in [3.8, 4) is 0 Å². The van der Waals surface area contributed by atoms with Crippen molar-refractivity contribution in [3.05, 3.63) is 60.4 Å². The summed E-state index contributed by atoms with van der Waals surface area (Å²) in [7, 11) is 0. The summed E-state index contributed by atoms with van der Waals surface area (Å²) in [5, 5.41) is 2.98. The average Bonchev–Trinajstić information content (AvgIpc) is 3.09. The van der Waals surface area contributed by atoms with Gasteiger partial charge in [0.25, 0.3) is 0 Å². The van der Waals surface area contributed by atoms with Crippen LogP contribution in [0.2, 0.25) is 0 Å². The van der Waals surface area contributed by atoms with E-state index < -0.39 is 0 Å². The molecular weight excluding hydrogens is 306 g/mol. The number of nitrogens with zero attached hydrogens (tertiary/aromatic N) is 2. The van der Waals surface area contributed by atoms with E-state index in [4.69, 9.17) is 0 Å². The van der Waals surface area contributed by atoms with Gasteiger partial charge in [0.1, 0.15) is 0 Å². The first-order valence-electron chi connectivity index (χ1n) is 7.91. The molecule has 2 amide bonds. The fraction of sp³-hybridized carbons (Fsp3) is 0.333. The minimum atomic E-state index is 0.0288. The van der Waals surface area contributed by atoms with Gasteiger partial charge in [-0.25, -0.2) is 4.79 Å². The van der Waals surface area contributed by atoms with Crippen LogP contribution >= 0.6 is 11.8 Å². The molecule has 1 aromatic heterocycles. The van der Waals surface area contributed by atoms with E-state index in [1.165, 1.54) is 4.90 Å².